The van der Waals surface area contributed by atoms with Gasteiger partial charge in [-0.15, -0.1) is 0 Å². The Bertz CT molecular complexity index is 1070. The van der Waals surface area contributed by atoms with Crippen LogP contribution in [0.3, 0.4) is 0 Å². The number of fused-ring (bicyclic) bond motifs is 1. The first-order valence-electron chi connectivity index (χ1n) is 10.6. The molecule has 0 bridgehead atoms. The predicted octanol–water partition coefficient (Wildman–Crippen LogP) is 5.00. The summed E-state index contributed by atoms with van der Waals surface area (Å²) < 4.78 is 28.7. The Morgan fingerprint density at radius 2 is 1.81 bits per heavy atom. The van der Waals surface area contributed by atoms with E-state index in [0.29, 0.717) is 18.1 Å². The predicted molar refractivity (Wildman–Crippen MR) is 123 cm³/mol. The summed E-state index contributed by atoms with van der Waals surface area (Å²) in [7, 11) is -3.03. The summed E-state index contributed by atoms with van der Waals surface area (Å²) >= 11 is 0. The molecule has 31 heavy (non-hydrogen) atoms. The Kier molecular flexibility index (Phi) is 6.90. The van der Waals surface area contributed by atoms with Gasteiger partial charge in [-0.25, -0.2) is 13.2 Å². The van der Waals surface area contributed by atoms with E-state index in [1.54, 1.807) is 13.8 Å². The fraction of sp³-hybridized carbons (Fsp3) is 0.400. The molecule has 0 aliphatic heterocycles. The largest absolute Gasteiger partial charge is 0.478 e. The van der Waals surface area contributed by atoms with Gasteiger partial charge in [0.15, 0.2) is 9.84 Å². The molecule has 0 heterocycles. The number of ether oxygens (including phenoxy) is 1. The number of hydrogen-bond acceptors (Lipinski definition) is 4. The van der Waals surface area contributed by atoms with Crippen LogP contribution >= 0.6 is 0 Å². The molecule has 6 heteroatoms. The lowest BCUT2D eigenvalue weighted by molar-refractivity contribution is -0.154. The molecule has 2 atom stereocenters. The number of benzene rings is 2. The van der Waals surface area contributed by atoms with Gasteiger partial charge in [-0.3, -0.25) is 0 Å². The molecule has 1 unspecified atom stereocenters. The third-order valence-corrected chi connectivity index (χ3v) is 6.72. The molecule has 166 valence electrons. The summed E-state index contributed by atoms with van der Waals surface area (Å²) in [5.74, 6) is 0.0220. The minimum atomic E-state index is -3.03. The third kappa shape index (κ3) is 5.97. The zero-order valence-corrected chi connectivity index (χ0v) is 19.1. The number of aliphatic carboxylic acids is 1. The molecular weight excluding hydrogens is 412 g/mol. The molecule has 0 saturated carbocycles. The smallest absolute Gasteiger partial charge is 0.347 e. The van der Waals surface area contributed by atoms with Crippen LogP contribution < -0.4 is 4.74 Å². The van der Waals surface area contributed by atoms with Crippen molar-refractivity contribution in [2.45, 2.75) is 56.8 Å². The molecular formula is C25H30O5S. The monoisotopic (exact) mass is 442 g/mol. The Hall–Kier alpha value is -2.60. The Balaban J connectivity index is 1.54. The normalized spacial score (nSPS) is 17.2. The molecule has 0 saturated heterocycles. The van der Waals surface area contributed by atoms with Gasteiger partial charge in [0.25, 0.3) is 0 Å². The Morgan fingerprint density at radius 1 is 1.13 bits per heavy atom. The van der Waals surface area contributed by atoms with Crippen LogP contribution in [-0.4, -0.2) is 31.4 Å². The van der Waals surface area contributed by atoms with Crippen molar-refractivity contribution in [3.8, 4) is 5.75 Å². The van der Waals surface area contributed by atoms with Crippen molar-refractivity contribution in [3.05, 3.63) is 70.8 Å². The quantitative estimate of drug-likeness (QED) is 0.560. The Morgan fingerprint density at radius 3 is 2.42 bits per heavy atom. The number of hydrogen-bond donors (Lipinski definition) is 1. The zero-order valence-electron chi connectivity index (χ0n) is 18.3. The highest BCUT2D eigenvalue weighted by molar-refractivity contribution is 7.89. The van der Waals surface area contributed by atoms with E-state index in [-0.39, 0.29) is 5.75 Å². The van der Waals surface area contributed by atoms with Gasteiger partial charge in [0.2, 0.25) is 5.60 Å². The number of sulfone groups is 1. The van der Waals surface area contributed by atoms with Crippen LogP contribution in [0.4, 0.5) is 0 Å². The van der Waals surface area contributed by atoms with E-state index in [4.69, 9.17) is 4.74 Å². The lowest BCUT2D eigenvalue weighted by Crippen LogP contribution is -2.40. The minimum absolute atomic E-state index is 0.0718. The Labute approximate surface area is 184 Å². The van der Waals surface area contributed by atoms with Crippen molar-refractivity contribution in [1.82, 2.24) is 0 Å². The van der Waals surface area contributed by atoms with E-state index in [1.807, 2.05) is 36.4 Å². The highest BCUT2D eigenvalue weighted by Crippen LogP contribution is 2.34. The van der Waals surface area contributed by atoms with Crippen molar-refractivity contribution >= 4 is 21.9 Å². The van der Waals surface area contributed by atoms with Crippen LogP contribution in [0.5, 0.6) is 5.75 Å². The molecule has 0 radical (unpaired) electrons. The number of carboxylic acid groups (broad SMARTS) is 1. The first-order chi connectivity index (χ1) is 14.6. The van der Waals surface area contributed by atoms with Crippen LogP contribution in [0.1, 0.15) is 61.3 Å². The average molecular weight is 443 g/mol. The van der Waals surface area contributed by atoms with Crippen LogP contribution in [0.2, 0.25) is 0 Å². The number of allylic oxidation sites excluding steroid dienone is 1. The lowest BCUT2D eigenvalue weighted by Gasteiger charge is -2.24. The molecule has 5 nitrogen and oxygen atoms in total. The molecule has 1 aliphatic rings. The van der Waals surface area contributed by atoms with Gasteiger partial charge in [-0.05, 0) is 67.0 Å². The van der Waals surface area contributed by atoms with Crippen LogP contribution in [-0.2, 0) is 26.8 Å². The van der Waals surface area contributed by atoms with E-state index >= 15 is 0 Å². The number of rotatable bonds is 10. The SMILES string of the molecule is CC[C@@](C)(Oc1ccc(CCCC2C=Cc3cc(CS(C)(=O)=O)ccc32)cc1)C(=O)O. The maximum atomic E-state index is 11.5. The highest BCUT2D eigenvalue weighted by Gasteiger charge is 2.33. The van der Waals surface area contributed by atoms with Gasteiger partial charge < -0.3 is 9.84 Å². The van der Waals surface area contributed by atoms with Gasteiger partial charge in [0.1, 0.15) is 5.75 Å². The summed E-state index contributed by atoms with van der Waals surface area (Å²) in [4.78, 5) is 11.4. The summed E-state index contributed by atoms with van der Waals surface area (Å²) in [6, 6.07) is 13.6. The molecule has 2 aromatic carbocycles. The first kappa shape index (κ1) is 23.1. The van der Waals surface area contributed by atoms with E-state index < -0.39 is 21.4 Å². The maximum Gasteiger partial charge on any atom is 0.347 e. The van der Waals surface area contributed by atoms with Crippen LogP contribution in [0.25, 0.3) is 6.08 Å². The fourth-order valence-corrected chi connectivity index (χ4v) is 4.64. The summed E-state index contributed by atoms with van der Waals surface area (Å²) in [6.45, 7) is 3.38. The second-order valence-electron chi connectivity index (χ2n) is 8.53. The molecule has 3 rings (SSSR count). The van der Waals surface area contributed by atoms with E-state index in [0.717, 1.165) is 30.4 Å². The standard InChI is InChI=1S/C25H30O5S/c1-4-25(2,24(26)27)30-22-13-8-18(9-14-22)6-5-7-20-11-12-21-16-19(10-15-23(20)21)17-31(3,28)29/h8-16,20H,4-7,17H2,1-3H3,(H,26,27)/t20?,25-/m1/s1. The van der Waals surface area contributed by atoms with Gasteiger partial charge in [-0.2, -0.15) is 0 Å². The average Bonchev–Trinajstić information content (AvgIpc) is 3.10. The highest BCUT2D eigenvalue weighted by atomic mass is 32.2. The van der Waals surface area contributed by atoms with Crippen molar-refractivity contribution in [3.63, 3.8) is 0 Å². The zero-order chi connectivity index (χ0) is 22.6. The maximum absolute atomic E-state index is 11.5. The molecule has 1 N–H and O–H groups in total. The van der Waals surface area contributed by atoms with Crippen molar-refractivity contribution in [1.29, 1.82) is 0 Å². The topological polar surface area (TPSA) is 80.7 Å². The fourth-order valence-electron chi connectivity index (χ4n) is 3.85. The number of carbonyl (C=O) groups is 1. The first-order valence-corrected chi connectivity index (χ1v) is 12.7. The number of aryl methyl sites for hydroxylation is 1. The molecule has 0 aromatic heterocycles. The van der Waals surface area contributed by atoms with E-state index in [9.17, 15) is 18.3 Å². The van der Waals surface area contributed by atoms with E-state index in [2.05, 4.69) is 18.2 Å². The minimum Gasteiger partial charge on any atom is -0.478 e. The summed E-state index contributed by atoms with van der Waals surface area (Å²) in [5.41, 5.74) is 3.17. The van der Waals surface area contributed by atoms with Gasteiger partial charge in [-0.1, -0.05) is 49.4 Å². The number of carboxylic acids is 1. The summed E-state index contributed by atoms with van der Waals surface area (Å²) in [5, 5.41) is 9.35. The molecule has 1 aliphatic carbocycles. The van der Waals surface area contributed by atoms with Gasteiger partial charge in [0.05, 0.1) is 5.75 Å². The van der Waals surface area contributed by atoms with Gasteiger partial charge in [0, 0.05) is 12.2 Å². The van der Waals surface area contributed by atoms with E-state index in [1.165, 1.54) is 17.4 Å². The molecule has 2 aromatic rings. The van der Waals surface area contributed by atoms with Crippen LogP contribution in [0, 0.1) is 0 Å². The van der Waals surface area contributed by atoms with Crippen molar-refractivity contribution in [2.24, 2.45) is 0 Å². The van der Waals surface area contributed by atoms with Crippen molar-refractivity contribution < 1.29 is 23.1 Å². The lowest BCUT2D eigenvalue weighted by atomic mass is 9.93. The third-order valence-electron chi connectivity index (χ3n) is 5.86. The van der Waals surface area contributed by atoms with Crippen LogP contribution in [0.15, 0.2) is 48.5 Å². The van der Waals surface area contributed by atoms with Gasteiger partial charge >= 0.3 is 5.97 Å². The van der Waals surface area contributed by atoms with Crippen molar-refractivity contribution in [2.75, 3.05) is 6.26 Å². The molecule has 0 fully saturated rings. The second kappa shape index (κ2) is 9.27. The summed E-state index contributed by atoms with van der Waals surface area (Å²) in [6.07, 6.45) is 8.88. The molecule has 0 amide bonds. The molecule has 0 spiro atoms. The second-order valence-corrected chi connectivity index (χ2v) is 10.7.